The molecular formula is C9H15Cl. The molecule has 0 fully saturated rings. The first kappa shape index (κ1) is 8.13. The molecule has 58 valence electrons. The van der Waals surface area contributed by atoms with E-state index >= 15 is 0 Å². The minimum absolute atomic E-state index is 0.830. The van der Waals surface area contributed by atoms with Gasteiger partial charge in [0.15, 0.2) is 0 Å². The molecule has 0 radical (unpaired) electrons. The first-order valence-corrected chi connectivity index (χ1v) is 4.69. The standard InChI is InChI=1S/C9H15Cl/c10-8-4-3-7-9-5-1-2-6-9/h1,5,9H,2-4,6-8H2. The molecule has 0 aliphatic heterocycles. The summed E-state index contributed by atoms with van der Waals surface area (Å²) in [6, 6.07) is 0. The molecule has 0 spiro atoms. The SMILES string of the molecule is ClCCCCC1C=CCC1. The van der Waals surface area contributed by atoms with Gasteiger partial charge in [-0.3, -0.25) is 0 Å². The maximum absolute atomic E-state index is 5.57. The zero-order valence-corrected chi connectivity index (χ0v) is 7.11. The van der Waals surface area contributed by atoms with E-state index in [9.17, 15) is 0 Å². The van der Waals surface area contributed by atoms with Crippen LogP contribution in [0.1, 0.15) is 32.1 Å². The van der Waals surface area contributed by atoms with Crippen LogP contribution in [0.3, 0.4) is 0 Å². The van der Waals surface area contributed by atoms with Crippen molar-refractivity contribution in [1.82, 2.24) is 0 Å². The van der Waals surface area contributed by atoms with Gasteiger partial charge in [-0.05, 0) is 31.6 Å². The Kier molecular flexibility index (Phi) is 3.89. The topological polar surface area (TPSA) is 0 Å². The summed E-state index contributed by atoms with van der Waals surface area (Å²) in [5.74, 6) is 1.71. The third kappa shape index (κ3) is 2.74. The molecule has 1 unspecified atom stereocenters. The molecule has 10 heavy (non-hydrogen) atoms. The number of hydrogen-bond donors (Lipinski definition) is 0. The second-order valence-corrected chi connectivity index (χ2v) is 3.33. The first-order chi connectivity index (χ1) is 4.93. The van der Waals surface area contributed by atoms with Crippen LogP contribution in [-0.2, 0) is 0 Å². The molecule has 0 aromatic heterocycles. The lowest BCUT2D eigenvalue weighted by Crippen LogP contribution is -1.91. The Morgan fingerprint density at radius 3 is 2.90 bits per heavy atom. The molecule has 0 amide bonds. The van der Waals surface area contributed by atoms with Crippen molar-refractivity contribution in [3.05, 3.63) is 12.2 Å². The maximum Gasteiger partial charge on any atom is 0.0223 e. The molecule has 0 N–H and O–H groups in total. The zero-order valence-electron chi connectivity index (χ0n) is 6.35. The summed E-state index contributed by atoms with van der Waals surface area (Å²) in [6.45, 7) is 0. The first-order valence-electron chi connectivity index (χ1n) is 4.16. The van der Waals surface area contributed by atoms with Crippen LogP contribution in [0.25, 0.3) is 0 Å². The van der Waals surface area contributed by atoms with Crippen molar-refractivity contribution in [2.45, 2.75) is 32.1 Å². The Morgan fingerprint density at radius 1 is 1.40 bits per heavy atom. The molecule has 0 aromatic carbocycles. The van der Waals surface area contributed by atoms with E-state index in [4.69, 9.17) is 11.6 Å². The van der Waals surface area contributed by atoms with Crippen molar-refractivity contribution in [2.75, 3.05) is 5.88 Å². The molecular weight excluding hydrogens is 144 g/mol. The molecule has 0 bridgehead atoms. The minimum atomic E-state index is 0.830. The lowest BCUT2D eigenvalue weighted by Gasteiger charge is -2.04. The molecule has 0 aromatic rings. The van der Waals surface area contributed by atoms with E-state index in [0.29, 0.717) is 0 Å². The summed E-state index contributed by atoms with van der Waals surface area (Å²) >= 11 is 5.57. The fourth-order valence-corrected chi connectivity index (χ4v) is 1.63. The second-order valence-electron chi connectivity index (χ2n) is 2.95. The molecule has 1 aliphatic carbocycles. The van der Waals surface area contributed by atoms with Crippen LogP contribution in [0.15, 0.2) is 12.2 Å². The Balaban J connectivity index is 1.97. The van der Waals surface area contributed by atoms with Gasteiger partial charge in [0.1, 0.15) is 0 Å². The van der Waals surface area contributed by atoms with Gasteiger partial charge in [0.2, 0.25) is 0 Å². The average molecular weight is 159 g/mol. The van der Waals surface area contributed by atoms with E-state index in [1.165, 1.54) is 32.1 Å². The largest absolute Gasteiger partial charge is 0.127 e. The predicted molar refractivity (Wildman–Crippen MR) is 46.4 cm³/mol. The van der Waals surface area contributed by atoms with Gasteiger partial charge in [-0.2, -0.15) is 0 Å². The van der Waals surface area contributed by atoms with E-state index in [2.05, 4.69) is 12.2 Å². The van der Waals surface area contributed by atoms with Gasteiger partial charge in [-0.15, -0.1) is 11.6 Å². The highest BCUT2D eigenvalue weighted by atomic mass is 35.5. The monoisotopic (exact) mass is 158 g/mol. The maximum atomic E-state index is 5.57. The van der Waals surface area contributed by atoms with Crippen LogP contribution in [0.2, 0.25) is 0 Å². The smallest absolute Gasteiger partial charge is 0.0223 e. The molecule has 0 nitrogen and oxygen atoms in total. The highest BCUT2D eigenvalue weighted by Gasteiger charge is 2.07. The third-order valence-electron chi connectivity index (χ3n) is 2.07. The van der Waals surface area contributed by atoms with E-state index in [1.54, 1.807) is 0 Å². The van der Waals surface area contributed by atoms with Crippen LogP contribution in [-0.4, -0.2) is 5.88 Å². The van der Waals surface area contributed by atoms with Crippen molar-refractivity contribution in [2.24, 2.45) is 5.92 Å². The van der Waals surface area contributed by atoms with Gasteiger partial charge in [0.25, 0.3) is 0 Å². The molecule has 1 rings (SSSR count). The average Bonchev–Trinajstić information content (AvgIpc) is 2.41. The fourth-order valence-electron chi connectivity index (χ4n) is 1.44. The Hall–Kier alpha value is 0.0300. The van der Waals surface area contributed by atoms with Crippen LogP contribution >= 0.6 is 11.6 Å². The van der Waals surface area contributed by atoms with E-state index in [0.717, 1.165) is 11.8 Å². The summed E-state index contributed by atoms with van der Waals surface area (Å²) in [6.07, 6.45) is 11.2. The zero-order chi connectivity index (χ0) is 7.23. The Bertz CT molecular complexity index is 107. The van der Waals surface area contributed by atoms with Gasteiger partial charge >= 0.3 is 0 Å². The third-order valence-corrected chi connectivity index (χ3v) is 2.34. The fraction of sp³-hybridized carbons (Fsp3) is 0.778. The normalized spacial score (nSPS) is 23.9. The summed E-state index contributed by atoms with van der Waals surface area (Å²) < 4.78 is 0. The molecule has 0 saturated heterocycles. The van der Waals surface area contributed by atoms with Crippen LogP contribution in [0.5, 0.6) is 0 Å². The van der Waals surface area contributed by atoms with Crippen molar-refractivity contribution >= 4 is 11.6 Å². The van der Waals surface area contributed by atoms with Gasteiger partial charge in [-0.1, -0.05) is 18.6 Å². The molecule has 1 heteroatoms. The predicted octanol–water partition coefficient (Wildman–Crippen LogP) is 3.36. The van der Waals surface area contributed by atoms with Gasteiger partial charge in [0, 0.05) is 5.88 Å². The number of hydrogen-bond acceptors (Lipinski definition) is 0. The van der Waals surface area contributed by atoms with Crippen molar-refractivity contribution in [3.8, 4) is 0 Å². The molecule has 1 aliphatic rings. The van der Waals surface area contributed by atoms with Crippen LogP contribution < -0.4 is 0 Å². The van der Waals surface area contributed by atoms with Crippen molar-refractivity contribution < 1.29 is 0 Å². The molecule has 0 heterocycles. The highest BCUT2D eigenvalue weighted by Crippen LogP contribution is 2.22. The van der Waals surface area contributed by atoms with Crippen molar-refractivity contribution in [1.29, 1.82) is 0 Å². The van der Waals surface area contributed by atoms with Crippen molar-refractivity contribution in [3.63, 3.8) is 0 Å². The van der Waals surface area contributed by atoms with E-state index < -0.39 is 0 Å². The van der Waals surface area contributed by atoms with Gasteiger partial charge in [-0.25, -0.2) is 0 Å². The van der Waals surface area contributed by atoms with Crippen LogP contribution in [0, 0.1) is 5.92 Å². The summed E-state index contributed by atoms with van der Waals surface area (Å²) in [5, 5.41) is 0. The Labute approximate surface area is 68.3 Å². The minimum Gasteiger partial charge on any atom is -0.127 e. The van der Waals surface area contributed by atoms with E-state index in [-0.39, 0.29) is 0 Å². The Morgan fingerprint density at radius 2 is 2.30 bits per heavy atom. The van der Waals surface area contributed by atoms with Gasteiger partial charge in [0.05, 0.1) is 0 Å². The summed E-state index contributed by atoms with van der Waals surface area (Å²) in [7, 11) is 0. The second kappa shape index (κ2) is 4.79. The van der Waals surface area contributed by atoms with Gasteiger partial charge < -0.3 is 0 Å². The lowest BCUT2D eigenvalue weighted by molar-refractivity contribution is 0.546. The summed E-state index contributed by atoms with van der Waals surface area (Å²) in [4.78, 5) is 0. The molecule has 0 saturated carbocycles. The number of unbranched alkanes of at least 4 members (excludes halogenated alkanes) is 1. The number of rotatable bonds is 4. The van der Waals surface area contributed by atoms with Crippen LogP contribution in [0.4, 0.5) is 0 Å². The number of allylic oxidation sites excluding steroid dienone is 2. The lowest BCUT2D eigenvalue weighted by atomic mass is 10.0. The molecule has 1 atom stereocenters. The number of halogens is 1. The highest BCUT2D eigenvalue weighted by molar-refractivity contribution is 6.17. The quantitative estimate of drug-likeness (QED) is 0.335. The van der Waals surface area contributed by atoms with E-state index in [1.807, 2.05) is 0 Å². The number of alkyl halides is 1. The summed E-state index contributed by atoms with van der Waals surface area (Å²) in [5.41, 5.74) is 0.